The van der Waals surface area contributed by atoms with Crippen molar-refractivity contribution in [2.75, 3.05) is 19.6 Å². The minimum Gasteiger partial charge on any atom is -0.342 e. The Labute approximate surface area is 128 Å². The zero-order valence-electron chi connectivity index (χ0n) is 13.5. The van der Waals surface area contributed by atoms with Gasteiger partial charge in [0.25, 0.3) is 0 Å². The highest BCUT2D eigenvalue weighted by molar-refractivity contribution is 5.83. The van der Waals surface area contributed by atoms with Gasteiger partial charge in [0.15, 0.2) is 0 Å². The maximum atomic E-state index is 12.7. The van der Waals surface area contributed by atoms with Crippen LogP contribution in [0, 0.1) is 5.92 Å². The van der Waals surface area contributed by atoms with Crippen molar-refractivity contribution in [1.82, 2.24) is 10.2 Å². The molecule has 21 heavy (non-hydrogen) atoms. The number of likely N-dealkylation sites (tertiary alicyclic amines) is 1. The standard InChI is InChI=1S/C18H28N2O/c1-4-11-19-17-10-12-20(13-14(17)2)18(21)15(3)16-8-6-5-7-9-16/h5-9,14-15,17,19H,4,10-13H2,1-3H3. The predicted molar refractivity (Wildman–Crippen MR) is 87.3 cm³/mol. The lowest BCUT2D eigenvalue weighted by Crippen LogP contribution is -2.51. The van der Waals surface area contributed by atoms with Crippen LogP contribution in [-0.4, -0.2) is 36.5 Å². The Balaban J connectivity index is 1.93. The lowest BCUT2D eigenvalue weighted by atomic mass is 9.91. The Bertz CT molecular complexity index is 446. The summed E-state index contributed by atoms with van der Waals surface area (Å²) >= 11 is 0. The van der Waals surface area contributed by atoms with Gasteiger partial charge < -0.3 is 10.2 Å². The van der Waals surface area contributed by atoms with Crippen molar-refractivity contribution in [3.05, 3.63) is 35.9 Å². The van der Waals surface area contributed by atoms with E-state index in [4.69, 9.17) is 0 Å². The second kappa shape index (κ2) is 7.60. The van der Waals surface area contributed by atoms with Crippen molar-refractivity contribution >= 4 is 5.91 Å². The maximum Gasteiger partial charge on any atom is 0.229 e. The highest BCUT2D eigenvalue weighted by Crippen LogP contribution is 2.23. The van der Waals surface area contributed by atoms with Gasteiger partial charge in [0.05, 0.1) is 5.92 Å². The number of benzene rings is 1. The molecule has 3 atom stereocenters. The van der Waals surface area contributed by atoms with Gasteiger partial charge in [-0.1, -0.05) is 44.2 Å². The van der Waals surface area contributed by atoms with Crippen molar-refractivity contribution < 1.29 is 4.79 Å². The summed E-state index contributed by atoms with van der Waals surface area (Å²) in [5.74, 6) is 0.748. The van der Waals surface area contributed by atoms with E-state index in [9.17, 15) is 4.79 Å². The molecule has 0 radical (unpaired) electrons. The number of piperidine rings is 1. The van der Waals surface area contributed by atoms with E-state index in [0.717, 1.165) is 38.0 Å². The highest BCUT2D eigenvalue weighted by atomic mass is 16.2. The number of hydrogen-bond donors (Lipinski definition) is 1. The molecule has 1 fully saturated rings. The van der Waals surface area contributed by atoms with Crippen LogP contribution in [0.3, 0.4) is 0 Å². The fraction of sp³-hybridized carbons (Fsp3) is 0.611. The molecular weight excluding hydrogens is 260 g/mol. The molecule has 1 aromatic carbocycles. The molecule has 1 aliphatic heterocycles. The van der Waals surface area contributed by atoms with E-state index in [1.54, 1.807) is 0 Å². The molecule has 1 amide bonds. The first-order chi connectivity index (χ1) is 10.1. The van der Waals surface area contributed by atoms with Gasteiger partial charge in [-0.15, -0.1) is 0 Å². The summed E-state index contributed by atoms with van der Waals surface area (Å²) in [6.45, 7) is 9.28. The molecule has 1 N–H and O–H groups in total. The number of rotatable bonds is 5. The smallest absolute Gasteiger partial charge is 0.229 e. The molecule has 0 aliphatic carbocycles. The van der Waals surface area contributed by atoms with E-state index in [2.05, 4.69) is 19.2 Å². The van der Waals surface area contributed by atoms with Crippen LogP contribution in [0.25, 0.3) is 0 Å². The number of nitrogens with zero attached hydrogens (tertiary/aromatic N) is 1. The average molecular weight is 288 g/mol. The van der Waals surface area contributed by atoms with Crippen LogP contribution in [-0.2, 0) is 4.79 Å². The third-order valence-corrected chi connectivity index (χ3v) is 4.54. The molecule has 1 saturated heterocycles. The van der Waals surface area contributed by atoms with Gasteiger partial charge in [0.1, 0.15) is 0 Å². The van der Waals surface area contributed by atoms with Crippen molar-refractivity contribution in [3.8, 4) is 0 Å². The minimum absolute atomic E-state index is 0.0430. The molecule has 0 bridgehead atoms. The topological polar surface area (TPSA) is 32.3 Å². The summed E-state index contributed by atoms with van der Waals surface area (Å²) in [6.07, 6.45) is 2.23. The van der Waals surface area contributed by atoms with E-state index in [-0.39, 0.29) is 11.8 Å². The van der Waals surface area contributed by atoms with Gasteiger partial charge in [-0.2, -0.15) is 0 Å². The van der Waals surface area contributed by atoms with Gasteiger partial charge in [0.2, 0.25) is 5.91 Å². The summed E-state index contributed by atoms with van der Waals surface area (Å²) in [6, 6.07) is 10.6. The van der Waals surface area contributed by atoms with E-state index in [1.807, 2.05) is 42.2 Å². The van der Waals surface area contributed by atoms with Crippen molar-refractivity contribution in [3.63, 3.8) is 0 Å². The van der Waals surface area contributed by atoms with Crippen LogP contribution >= 0.6 is 0 Å². The lowest BCUT2D eigenvalue weighted by molar-refractivity contribution is -0.134. The number of amides is 1. The Hall–Kier alpha value is -1.35. The molecule has 2 rings (SSSR count). The average Bonchev–Trinajstić information content (AvgIpc) is 2.53. The third-order valence-electron chi connectivity index (χ3n) is 4.54. The van der Waals surface area contributed by atoms with E-state index in [0.29, 0.717) is 12.0 Å². The van der Waals surface area contributed by atoms with Gasteiger partial charge in [-0.3, -0.25) is 4.79 Å². The molecule has 1 aromatic rings. The highest BCUT2D eigenvalue weighted by Gasteiger charge is 2.30. The molecule has 3 unspecified atom stereocenters. The SMILES string of the molecule is CCCNC1CCN(C(=O)C(C)c2ccccc2)CC1C. The quantitative estimate of drug-likeness (QED) is 0.903. The maximum absolute atomic E-state index is 12.7. The summed E-state index contributed by atoms with van der Waals surface area (Å²) in [5.41, 5.74) is 1.11. The first-order valence-electron chi connectivity index (χ1n) is 8.20. The van der Waals surface area contributed by atoms with Crippen LogP contribution in [0.15, 0.2) is 30.3 Å². The Morgan fingerprint density at radius 2 is 2.10 bits per heavy atom. The minimum atomic E-state index is -0.0430. The monoisotopic (exact) mass is 288 g/mol. The first-order valence-corrected chi connectivity index (χ1v) is 8.20. The van der Waals surface area contributed by atoms with Crippen LogP contribution in [0.1, 0.15) is 45.1 Å². The van der Waals surface area contributed by atoms with Crippen LogP contribution in [0.4, 0.5) is 0 Å². The Morgan fingerprint density at radius 1 is 1.38 bits per heavy atom. The zero-order valence-corrected chi connectivity index (χ0v) is 13.5. The number of carbonyl (C=O) groups excluding carboxylic acids is 1. The van der Waals surface area contributed by atoms with E-state index < -0.39 is 0 Å². The molecule has 1 heterocycles. The second-order valence-electron chi connectivity index (χ2n) is 6.24. The molecule has 1 aliphatic rings. The molecule has 116 valence electrons. The summed E-state index contributed by atoms with van der Waals surface area (Å²) < 4.78 is 0. The summed E-state index contributed by atoms with van der Waals surface area (Å²) in [4.78, 5) is 14.7. The summed E-state index contributed by atoms with van der Waals surface area (Å²) in [7, 11) is 0. The molecule has 3 heteroatoms. The van der Waals surface area contributed by atoms with Crippen molar-refractivity contribution in [2.45, 2.75) is 45.6 Å². The zero-order chi connectivity index (χ0) is 15.2. The number of carbonyl (C=O) groups is 1. The fourth-order valence-corrected chi connectivity index (χ4v) is 3.14. The Morgan fingerprint density at radius 3 is 2.71 bits per heavy atom. The first kappa shape index (κ1) is 16.0. The molecule has 0 saturated carbocycles. The van der Waals surface area contributed by atoms with Gasteiger partial charge in [-0.25, -0.2) is 0 Å². The summed E-state index contributed by atoms with van der Waals surface area (Å²) in [5, 5.41) is 3.60. The predicted octanol–water partition coefficient (Wildman–Crippen LogP) is 3.03. The third kappa shape index (κ3) is 4.07. The molecule has 0 spiro atoms. The molecule has 0 aromatic heterocycles. The number of nitrogens with one attached hydrogen (secondary N) is 1. The lowest BCUT2D eigenvalue weighted by Gasteiger charge is -2.38. The van der Waals surface area contributed by atoms with Crippen LogP contribution < -0.4 is 5.32 Å². The van der Waals surface area contributed by atoms with Crippen LogP contribution in [0.2, 0.25) is 0 Å². The second-order valence-corrected chi connectivity index (χ2v) is 6.24. The van der Waals surface area contributed by atoms with E-state index >= 15 is 0 Å². The van der Waals surface area contributed by atoms with Gasteiger partial charge >= 0.3 is 0 Å². The van der Waals surface area contributed by atoms with E-state index in [1.165, 1.54) is 0 Å². The van der Waals surface area contributed by atoms with Gasteiger partial charge in [0, 0.05) is 19.1 Å². The number of hydrogen-bond acceptors (Lipinski definition) is 2. The van der Waals surface area contributed by atoms with Crippen molar-refractivity contribution in [1.29, 1.82) is 0 Å². The Kier molecular flexibility index (Phi) is 5.80. The normalized spacial score (nSPS) is 23.9. The molecule has 3 nitrogen and oxygen atoms in total. The largest absolute Gasteiger partial charge is 0.342 e. The van der Waals surface area contributed by atoms with Gasteiger partial charge in [-0.05, 0) is 37.8 Å². The van der Waals surface area contributed by atoms with Crippen molar-refractivity contribution in [2.24, 2.45) is 5.92 Å². The molecular formula is C18H28N2O. The fourth-order valence-electron chi connectivity index (χ4n) is 3.14. The van der Waals surface area contributed by atoms with Crippen LogP contribution in [0.5, 0.6) is 0 Å².